The van der Waals surface area contributed by atoms with Gasteiger partial charge in [-0.15, -0.1) is 12.4 Å². The molecule has 0 aromatic heterocycles. The minimum absolute atomic E-state index is 0. The van der Waals surface area contributed by atoms with Gasteiger partial charge in [-0.1, -0.05) is 12.1 Å². The largest absolute Gasteiger partial charge is 0.497 e. The van der Waals surface area contributed by atoms with Gasteiger partial charge in [-0.05, 0) is 17.7 Å². The molecule has 0 heterocycles. The van der Waals surface area contributed by atoms with Crippen molar-refractivity contribution < 1.29 is 9.84 Å². The number of halogens is 1. The second-order valence-electron chi connectivity index (χ2n) is 2.01. The van der Waals surface area contributed by atoms with Crippen LogP contribution in [0.5, 0.6) is 5.75 Å². The molecule has 3 heteroatoms. The number of aliphatic hydroxyl groups excluding tert-OH is 1. The van der Waals surface area contributed by atoms with Crippen LogP contribution in [-0.4, -0.2) is 12.2 Å². The van der Waals surface area contributed by atoms with Crippen molar-refractivity contribution in [3.8, 4) is 5.75 Å². The van der Waals surface area contributed by atoms with Crippen molar-refractivity contribution in [2.75, 3.05) is 7.11 Å². The third-order valence-electron chi connectivity index (χ3n) is 1.34. The molecule has 1 N–H and O–H groups in total. The summed E-state index contributed by atoms with van der Waals surface area (Å²) in [7, 11) is 1.62. The van der Waals surface area contributed by atoms with E-state index in [0.29, 0.717) is 0 Å². The molecule has 1 aromatic carbocycles. The van der Waals surface area contributed by atoms with Crippen LogP contribution in [0.25, 0.3) is 0 Å². The van der Waals surface area contributed by atoms with Crippen molar-refractivity contribution in [2.24, 2.45) is 0 Å². The fourth-order valence-electron chi connectivity index (χ4n) is 0.731. The molecule has 2 nitrogen and oxygen atoms in total. The van der Waals surface area contributed by atoms with Gasteiger partial charge in [0.25, 0.3) is 0 Å². The Balaban J connectivity index is 0.000001000. The summed E-state index contributed by atoms with van der Waals surface area (Å²) in [6.45, 7) is 0.0873. The molecule has 0 spiro atoms. The first-order chi connectivity index (χ1) is 4.86. The van der Waals surface area contributed by atoms with Crippen LogP contribution in [0.3, 0.4) is 0 Å². The number of benzene rings is 1. The highest BCUT2D eigenvalue weighted by Gasteiger charge is 1.89. The Kier molecular flexibility index (Phi) is 4.66. The molecule has 11 heavy (non-hydrogen) atoms. The van der Waals surface area contributed by atoms with E-state index in [0.717, 1.165) is 11.3 Å². The minimum atomic E-state index is 0. The highest BCUT2D eigenvalue weighted by Crippen LogP contribution is 2.10. The summed E-state index contributed by atoms with van der Waals surface area (Å²) < 4.78 is 4.93. The van der Waals surface area contributed by atoms with Gasteiger partial charge in [-0.25, -0.2) is 0 Å². The third kappa shape index (κ3) is 2.78. The summed E-state index contributed by atoms with van der Waals surface area (Å²) in [5, 5.41) is 8.66. The first-order valence-electron chi connectivity index (χ1n) is 3.10. The van der Waals surface area contributed by atoms with E-state index in [1.165, 1.54) is 0 Å². The van der Waals surface area contributed by atoms with Gasteiger partial charge in [-0.3, -0.25) is 0 Å². The summed E-state index contributed by atoms with van der Waals surface area (Å²) in [6, 6.07) is 7.31. The third-order valence-corrected chi connectivity index (χ3v) is 1.34. The molecule has 0 amide bonds. The van der Waals surface area contributed by atoms with Crippen molar-refractivity contribution in [3.63, 3.8) is 0 Å². The van der Waals surface area contributed by atoms with Gasteiger partial charge in [0.1, 0.15) is 5.75 Å². The molecule has 1 rings (SSSR count). The molecule has 1 aromatic rings. The van der Waals surface area contributed by atoms with Crippen LogP contribution < -0.4 is 4.74 Å². The van der Waals surface area contributed by atoms with Gasteiger partial charge < -0.3 is 9.84 Å². The smallest absolute Gasteiger partial charge is 0.118 e. The summed E-state index contributed by atoms with van der Waals surface area (Å²) >= 11 is 0. The first-order valence-corrected chi connectivity index (χ1v) is 3.10. The van der Waals surface area contributed by atoms with E-state index in [1.54, 1.807) is 7.11 Å². The van der Waals surface area contributed by atoms with Gasteiger partial charge >= 0.3 is 0 Å². The first kappa shape index (κ1) is 10.3. The lowest BCUT2D eigenvalue weighted by Gasteiger charge is -1.98. The van der Waals surface area contributed by atoms with E-state index in [9.17, 15) is 0 Å². The average molecular weight is 175 g/mol. The van der Waals surface area contributed by atoms with Crippen molar-refractivity contribution in [1.29, 1.82) is 0 Å². The molecule has 0 unspecified atom stereocenters. The minimum Gasteiger partial charge on any atom is -0.497 e. The normalized spacial score (nSPS) is 8.55. The lowest BCUT2D eigenvalue weighted by Crippen LogP contribution is -1.84. The maximum absolute atomic E-state index is 8.66. The molecule has 0 aliphatic rings. The number of rotatable bonds is 2. The van der Waals surface area contributed by atoms with Gasteiger partial charge in [-0.2, -0.15) is 0 Å². The lowest BCUT2D eigenvalue weighted by atomic mass is 10.2. The maximum Gasteiger partial charge on any atom is 0.118 e. The predicted octanol–water partition coefficient (Wildman–Crippen LogP) is 1.61. The van der Waals surface area contributed by atoms with Crippen LogP contribution in [0.4, 0.5) is 0 Å². The van der Waals surface area contributed by atoms with Crippen LogP contribution >= 0.6 is 12.4 Å². The molecular weight excluding hydrogens is 164 g/mol. The Morgan fingerprint density at radius 2 is 1.82 bits per heavy atom. The molecule has 0 bridgehead atoms. The van der Waals surface area contributed by atoms with Gasteiger partial charge in [0.2, 0.25) is 0 Å². The van der Waals surface area contributed by atoms with Gasteiger partial charge in [0, 0.05) is 0 Å². The van der Waals surface area contributed by atoms with Crippen LogP contribution in [0.2, 0.25) is 0 Å². The number of ether oxygens (including phenoxy) is 1. The standard InChI is InChI=1S/C8H10O2.ClH/c1-10-8-4-2-7(6-9)3-5-8;/h2-5,9H,6H2,1H3;1H. The highest BCUT2D eigenvalue weighted by molar-refractivity contribution is 5.85. The second kappa shape index (κ2) is 4.99. The Morgan fingerprint density at radius 3 is 2.18 bits per heavy atom. The SMILES string of the molecule is COc1ccc(CO)cc1.Cl. The zero-order valence-electron chi connectivity index (χ0n) is 6.28. The molecule has 0 aliphatic heterocycles. The number of methoxy groups -OCH3 is 1. The Labute approximate surface area is 72.2 Å². The van der Waals surface area contributed by atoms with Crippen LogP contribution in [-0.2, 0) is 6.61 Å². The van der Waals surface area contributed by atoms with Crippen molar-refractivity contribution >= 4 is 12.4 Å². The molecule has 0 saturated heterocycles. The van der Waals surface area contributed by atoms with Crippen molar-refractivity contribution in [2.45, 2.75) is 6.61 Å². The molecule has 0 radical (unpaired) electrons. The summed E-state index contributed by atoms with van der Waals surface area (Å²) in [5.74, 6) is 0.817. The van der Waals surface area contributed by atoms with Crippen LogP contribution in [0.1, 0.15) is 5.56 Å². The summed E-state index contributed by atoms with van der Waals surface area (Å²) in [4.78, 5) is 0. The predicted molar refractivity (Wildman–Crippen MR) is 46.2 cm³/mol. The second-order valence-corrected chi connectivity index (χ2v) is 2.01. The van der Waals surface area contributed by atoms with Crippen LogP contribution in [0, 0.1) is 0 Å². The Morgan fingerprint density at radius 1 is 1.27 bits per heavy atom. The van der Waals surface area contributed by atoms with Gasteiger partial charge in [0.15, 0.2) is 0 Å². The fraction of sp³-hybridized carbons (Fsp3) is 0.250. The lowest BCUT2D eigenvalue weighted by molar-refractivity contribution is 0.281. The van der Waals surface area contributed by atoms with Gasteiger partial charge in [0.05, 0.1) is 13.7 Å². The van der Waals surface area contributed by atoms with E-state index < -0.39 is 0 Å². The van der Waals surface area contributed by atoms with E-state index in [4.69, 9.17) is 9.84 Å². The summed E-state index contributed by atoms with van der Waals surface area (Å²) in [6.07, 6.45) is 0. The molecule has 0 fully saturated rings. The zero-order chi connectivity index (χ0) is 7.40. The van der Waals surface area contributed by atoms with E-state index >= 15 is 0 Å². The van der Waals surface area contributed by atoms with E-state index in [-0.39, 0.29) is 19.0 Å². The van der Waals surface area contributed by atoms with Crippen molar-refractivity contribution in [1.82, 2.24) is 0 Å². The number of hydrogen-bond donors (Lipinski definition) is 1. The Hall–Kier alpha value is -0.730. The van der Waals surface area contributed by atoms with Crippen LogP contribution in [0.15, 0.2) is 24.3 Å². The average Bonchev–Trinajstić information content (AvgIpc) is 2.05. The summed E-state index contributed by atoms with van der Waals surface area (Å²) in [5.41, 5.74) is 0.904. The van der Waals surface area contributed by atoms with E-state index in [2.05, 4.69) is 0 Å². The monoisotopic (exact) mass is 174 g/mol. The number of aliphatic hydroxyl groups is 1. The molecule has 0 aliphatic carbocycles. The maximum atomic E-state index is 8.66. The topological polar surface area (TPSA) is 29.5 Å². The molecule has 0 atom stereocenters. The molecule has 62 valence electrons. The van der Waals surface area contributed by atoms with Crippen molar-refractivity contribution in [3.05, 3.63) is 29.8 Å². The fourth-order valence-corrected chi connectivity index (χ4v) is 0.731. The quantitative estimate of drug-likeness (QED) is 0.738. The Bertz CT molecular complexity index is 173. The number of hydrogen-bond acceptors (Lipinski definition) is 2. The van der Waals surface area contributed by atoms with E-state index in [1.807, 2.05) is 24.3 Å². The zero-order valence-corrected chi connectivity index (χ0v) is 7.10. The molecular formula is C8H11ClO2. The molecule has 0 saturated carbocycles. The highest BCUT2D eigenvalue weighted by atomic mass is 35.5.